The van der Waals surface area contributed by atoms with E-state index in [0.717, 1.165) is 5.56 Å². The fourth-order valence-corrected chi connectivity index (χ4v) is 3.02. The summed E-state index contributed by atoms with van der Waals surface area (Å²) in [6.45, 7) is 0.240. The molecule has 0 aliphatic heterocycles. The average molecular weight is 444 g/mol. The highest BCUT2D eigenvalue weighted by Crippen LogP contribution is 2.27. The third kappa shape index (κ3) is 5.66. The second-order valence-electron chi connectivity index (χ2n) is 6.60. The van der Waals surface area contributed by atoms with Crippen LogP contribution in [0.2, 0.25) is 5.02 Å². The van der Waals surface area contributed by atoms with Crippen molar-refractivity contribution in [1.82, 2.24) is 0 Å². The number of para-hydroxylation sites is 2. The number of rotatable bonds is 7. The van der Waals surface area contributed by atoms with E-state index in [1.165, 1.54) is 13.2 Å². The van der Waals surface area contributed by atoms with Gasteiger partial charge in [-0.25, -0.2) is 0 Å². The van der Waals surface area contributed by atoms with Crippen LogP contribution in [0.15, 0.2) is 72.3 Å². The number of carbonyl (C=O) groups is 1. The Labute approximate surface area is 190 Å². The van der Waals surface area contributed by atoms with Gasteiger partial charge in [0.05, 0.1) is 24.4 Å². The smallest absolute Gasteiger partial charge is 0.266 e. The Morgan fingerprint density at radius 3 is 2.50 bits per heavy atom. The zero-order chi connectivity index (χ0) is 22.9. The highest BCUT2D eigenvalue weighted by Gasteiger charge is 2.14. The maximum absolute atomic E-state index is 12.7. The van der Waals surface area contributed by atoms with Crippen LogP contribution in [0.3, 0.4) is 0 Å². The predicted molar refractivity (Wildman–Crippen MR) is 122 cm³/mol. The lowest BCUT2D eigenvalue weighted by atomic mass is 10.1. The van der Waals surface area contributed by atoms with E-state index in [-0.39, 0.29) is 12.2 Å². The summed E-state index contributed by atoms with van der Waals surface area (Å²) >= 11 is 6.13. The molecular formula is C25H18ClN3O3. The Hall–Kier alpha value is -4.26. The van der Waals surface area contributed by atoms with Crippen LogP contribution in [0, 0.1) is 22.7 Å². The van der Waals surface area contributed by atoms with Gasteiger partial charge in [0.15, 0.2) is 0 Å². The first-order valence-electron chi connectivity index (χ1n) is 9.51. The van der Waals surface area contributed by atoms with Crippen molar-refractivity contribution in [3.63, 3.8) is 0 Å². The molecule has 6 nitrogen and oxygen atoms in total. The third-order valence-electron chi connectivity index (χ3n) is 4.47. The zero-order valence-corrected chi connectivity index (χ0v) is 17.9. The quantitative estimate of drug-likeness (QED) is 0.392. The second kappa shape index (κ2) is 10.7. The van der Waals surface area contributed by atoms with Gasteiger partial charge in [-0.1, -0.05) is 35.9 Å². The van der Waals surface area contributed by atoms with Crippen molar-refractivity contribution in [3.05, 3.63) is 94.0 Å². The largest absolute Gasteiger partial charge is 0.495 e. The molecule has 0 radical (unpaired) electrons. The number of carbonyl (C=O) groups excluding carboxylic acids is 1. The number of hydrogen-bond acceptors (Lipinski definition) is 5. The molecule has 158 valence electrons. The van der Waals surface area contributed by atoms with E-state index in [4.69, 9.17) is 26.3 Å². The standard InChI is InChI=1S/C25H18ClN3O3/c1-31-24-5-3-2-4-22(24)29-25(30)20(15-28)12-19-13-21(26)10-11-23(19)32-16-18-8-6-17(14-27)7-9-18/h2-13H,16H2,1H3,(H,29,30)/b20-12+. The molecule has 7 heteroatoms. The summed E-state index contributed by atoms with van der Waals surface area (Å²) in [4.78, 5) is 12.7. The molecule has 1 N–H and O–H groups in total. The van der Waals surface area contributed by atoms with Gasteiger partial charge >= 0.3 is 0 Å². The van der Waals surface area contributed by atoms with Gasteiger partial charge in [0, 0.05) is 10.6 Å². The average Bonchev–Trinajstić information content (AvgIpc) is 2.82. The molecule has 1 amide bonds. The number of anilines is 1. The molecule has 0 aliphatic carbocycles. The molecule has 32 heavy (non-hydrogen) atoms. The Balaban J connectivity index is 1.83. The van der Waals surface area contributed by atoms with Crippen LogP contribution in [0.25, 0.3) is 6.08 Å². The minimum Gasteiger partial charge on any atom is -0.495 e. The minimum absolute atomic E-state index is 0.124. The maximum Gasteiger partial charge on any atom is 0.266 e. The number of benzene rings is 3. The van der Waals surface area contributed by atoms with Crippen LogP contribution in [-0.4, -0.2) is 13.0 Å². The summed E-state index contributed by atoms with van der Waals surface area (Å²) in [6, 6.07) is 22.8. The molecule has 0 fully saturated rings. The van der Waals surface area contributed by atoms with Crippen LogP contribution in [0.1, 0.15) is 16.7 Å². The highest BCUT2D eigenvalue weighted by atomic mass is 35.5. The number of halogens is 1. The normalized spacial score (nSPS) is 10.6. The minimum atomic E-state index is -0.588. The lowest BCUT2D eigenvalue weighted by molar-refractivity contribution is -0.112. The highest BCUT2D eigenvalue weighted by molar-refractivity contribution is 6.30. The number of nitriles is 2. The number of ether oxygens (including phenoxy) is 2. The summed E-state index contributed by atoms with van der Waals surface area (Å²) in [5.41, 5.74) is 2.23. The first-order valence-corrected chi connectivity index (χ1v) is 9.89. The molecule has 0 bridgehead atoms. The van der Waals surface area contributed by atoms with E-state index in [1.54, 1.807) is 66.7 Å². The molecule has 3 aromatic carbocycles. The SMILES string of the molecule is COc1ccccc1NC(=O)/C(C#N)=C/c1cc(Cl)ccc1OCc1ccc(C#N)cc1. The molecule has 0 aromatic heterocycles. The molecule has 0 unspecified atom stereocenters. The van der Waals surface area contributed by atoms with Crippen molar-refractivity contribution in [2.45, 2.75) is 6.61 Å². The van der Waals surface area contributed by atoms with Crippen molar-refractivity contribution in [2.24, 2.45) is 0 Å². The summed E-state index contributed by atoms with van der Waals surface area (Å²) in [7, 11) is 1.50. The third-order valence-corrected chi connectivity index (χ3v) is 4.70. The number of amides is 1. The van der Waals surface area contributed by atoms with Gasteiger partial charge in [-0.2, -0.15) is 10.5 Å². The van der Waals surface area contributed by atoms with Gasteiger partial charge in [0.2, 0.25) is 0 Å². The molecule has 3 aromatic rings. The molecule has 0 spiro atoms. The monoisotopic (exact) mass is 443 g/mol. The summed E-state index contributed by atoms with van der Waals surface area (Å²) in [5.74, 6) is 0.346. The fraction of sp³-hybridized carbons (Fsp3) is 0.0800. The van der Waals surface area contributed by atoms with Crippen LogP contribution in [0.5, 0.6) is 11.5 Å². The fourth-order valence-electron chi connectivity index (χ4n) is 2.84. The van der Waals surface area contributed by atoms with Gasteiger partial charge in [-0.3, -0.25) is 4.79 Å². The van der Waals surface area contributed by atoms with Crippen molar-refractivity contribution in [1.29, 1.82) is 10.5 Å². The number of hydrogen-bond donors (Lipinski definition) is 1. The first kappa shape index (κ1) is 22.4. The Bertz CT molecular complexity index is 1240. The summed E-state index contributed by atoms with van der Waals surface area (Å²) in [6.07, 6.45) is 1.42. The molecule has 0 saturated heterocycles. The van der Waals surface area contributed by atoms with Crippen LogP contribution < -0.4 is 14.8 Å². The Morgan fingerprint density at radius 1 is 1.06 bits per heavy atom. The van der Waals surface area contributed by atoms with E-state index in [9.17, 15) is 10.1 Å². The van der Waals surface area contributed by atoms with Crippen molar-refractivity contribution in [3.8, 4) is 23.6 Å². The van der Waals surface area contributed by atoms with Gasteiger partial charge in [0.25, 0.3) is 5.91 Å². The first-order chi connectivity index (χ1) is 15.5. The van der Waals surface area contributed by atoms with E-state index >= 15 is 0 Å². The molecule has 3 rings (SSSR count). The van der Waals surface area contributed by atoms with Crippen LogP contribution in [0.4, 0.5) is 5.69 Å². The maximum atomic E-state index is 12.7. The molecule has 0 atom stereocenters. The molecule has 0 heterocycles. The van der Waals surface area contributed by atoms with Gasteiger partial charge in [-0.05, 0) is 54.1 Å². The van der Waals surface area contributed by atoms with E-state index in [1.807, 2.05) is 6.07 Å². The van der Waals surface area contributed by atoms with E-state index in [0.29, 0.717) is 33.3 Å². The number of methoxy groups -OCH3 is 1. The zero-order valence-electron chi connectivity index (χ0n) is 17.1. The van der Waals surface area contributed by atoms with E-state index < -0.39 is 5.91 Å². The predicted octanol–water partition coefficient (Wildman–Crippen LogP) is 5.34. The van der Waals surface area contributed by atoms with Gasteiger partial charge < -0.3 is 14.8 Å². The van der Waals surface area contributed by atoms with Gasteiger partial charge in [0.1, 0.15) is 29.7 Å². The van der Waals surface area contributed by atoms with Gasteiger partial charge in [-0.15, -0.1) is 0 Å². The summed E-state index contributed by atoms with van der Waals surface area (Å²) in [5, 5.41) is 21.6. The van der Waals surface area contributed by atoms with Crippen LogP contribution >= 0.6 is 11.6 Å². The Kier molecular flexibility index (Phi) is 7.48. The van der Waals surface area contributed by atoms with Crippen molar-refractivity contribution in [2.75, 3.05) is 12.4 Å². The van der Waals surface area contributed by atoms with Crippen molar-refractivity contribution < 1.29 is 14.3 Å². The summed E-state index contributed by atoms with van der Waals surface area (Å²) < 4.78 is 11.1. The van der Waals surface area contributed by atoms with Crippen molar-refractivity contribution >= 4 is 29.3 Å². The Morgan fingerprint density at radius 2 is 1.81 bits per heavy atom. The molecule has 0 aliphatic rings. The second-order valence-corrected chi connectivity index (χ2v) is 7.04. The van der Waals surface area contributed by atoms with E-state index in [2.05, 4.69) is 11.4 Å². The number of nitrogens with zero attached hydrogens (tertiary/aromatic N) is 2. The number of nitrogens with one attached hydrogen (secondary N) is 1. The lowest BCUT2D eigenvalue weighted by Gasteiger charge is -2.11. The van der Waals surface area contributed by atoms with Crippen LogP contribution in [-0.2, 0) is 11.4 Å². The lowest BCUT2D eigenvalue weighted by Crippen LogP contribution is -2.14. The topological polar surface area (TPSA) is 95.1 Å². The molecule has 0 saturated carbocycles. The molecular weight excluding hydrogens is 426 g/mol.